The van der Waals surface area contributed by atoms with Gasteiger partial charge in [-0.1, -0.05) is 0 Å². The van der Waals surface area contributed by atoms with Crippen LogP contribution in [0.1, 0.15) is 19.3 Å². The summed E-state index contributed by atoms with van der Waals surface area (Å²) in [5.41, 5.74) is 0. The summed E-state index contributed by atoms with van der Waals surface area (Å²) in [6.07, 6.45) is 4.33. The van der Waals surface area contributed by atoms with Gasteiger partial charge in [-0.25, -0.2) is 0 Å². The molecule has 0 saturated carbocycles. The van der Waals surface area contributed by atoms with Gasteiger partial charge in [0.15, 0.2) is 0 Å². The Morgan fingerprint density at radius 2 is 1.87 bits per heavy atom. The zero-order valence-electron chi connectivity index (χ0n) is 8.11. The van der Waals surface area contributed by atoms with Crippen LogP contribution in [0.3, 0.4) is 0 Å². The fourth-order valence-corrected chi connectivity index (χ4v) is 38.4. The van der Waals surface area contributed by atoms with Crippen molar-refractivity contribution in [3.63, 3.8) is 0 Å². The normalized spacial score (nSPS) is 34.9. The van der Waals surface area contributed by atoms with Gasteiger partial charge in [-0.15, -0.1) is 0 Å². The van der Waals surface area contributed by atoms with Crippen molar-refractivity contribution >= 4 is 91.9 Å². The van der Waals surface area contributed by atoms with Crippen LogP contribution in [0, 0.1) is 0 Å². The zero-order chi connectivity index (χ0) is 11.1. The average Bonchev–Trinajstić information content (AvgIpc) is 2.47. The molecule has 1 fully saturated rings. The van der Waals surface area contributed by atoms with E-state index in [1.165, 1.54) is 29.8 Å². The summed E-state index contributed by atoms with van der Waals surface area (Å²) in [4.78, 5) is 2.49. The molecule has 15 heavy (non-hydrogen) atoms. The molecule has 1 unspecified atom stereocenters. The first kappa shape index (κ1) is 14.1. The molecule has 0 amide bonds. The maximum absolute atomic E-state index is 4.10. The summed E-state index contributed by atoms with van der Waals surface area (Å²) in [5.74, 6) is 0. The second kappa shape index (κ2) is 5.38. The average molecular weight is 591 g/mol. The molecule has 0 N–H and O–H groups in total. The van der Waals surface area contributed by atoms with Crippen molar-refractivity contribution in [2.24, 2.45) is 0 Å². The van der Waals surface area contributed by atoms with Gasteiger partial charge in [0.1, 0.15) is 0 Å². The number of halogens is 4. The Balaban J connectivity index is 2.35. The molecule has 0 aromatic heterocycles. The first-order chi connectivity index (χ1) is 7.03. The topological polar surface area (TPSA) is 0 Å². The molecule has 1 spiro atoms. The van der Waals surface area contributed by atoms with Crippen LogP contribution in [-0.4, -0.2) is 34.0 Å². The van der Waals surface area contributed by atoms with Gasteiger partial charge in [0.2, 0.25) is 0 Å². The van der Waals surface area contributed by atoms with Gasteiger partial charge in [0.25, 0.3) is 0 Å². The van der Waals surface area contributed by atoms with Crippen molar-refractivity contribution in [3.05, 3.63) is 8.29 Å². The Hall–Kier alpha value is 2.72. The van der Waals surface area contributed by atoms with Crippen LogP contribution >= 0.6 is 63.7 Å². The van der Waals surface area contributed by atoms with Crippen molar-refractivity contribution < 1.29 is 0 Å². The van der Waals surface area contributed by atoms with Crippen LogP contribution in [0.25, 0.3) is 0 Å². The molecule has 0 nitrogen and oxygen atoms in total. The van der Waals surface area contributed by atoms with E-state index in [0.717, 1.165) is 0 Å². The summed E-state index contributed by atoms with van der Waals surface area (Å²) in [7, 11) is 0. The molecule has 2 aliphatic rings. The van der Waals surface area contributed by atoms with Crippen LogP contribution in [0.15, 0.2) is 8.29 Å². The SMILES string of the molecule is Br[C]1=C[Se][C](Br)(C(Br)Br)[Ge]12[CH2]CCC[CH2]2. The fourth-order valence-electron chi connectivity index (χ4n) is 2.52. The minimum absolute atomic E-state index is 0.388. The van der Waals surface area contributed by atoms with E-state index in [1.54, 1.807) is 3.31 Å². The summed E-state index contributed by atoms with van der Waals surface area (Å²) in [6.45, 7) is 0. The van der Waals surface area contributed by atoms with Gasteiger partial charge in [-0.2, -0.15) is 0 Å². The Kier molecular flexibility index (Phi) is 5.07. The molecule has 2 rings (SSSR count). The number of rotatable bonds is 1. The van der Waals surface area contributed by atoms with Gasteiger partial charge in [-0.3, -0.25) is 0 Å². The standard InChI is InChI=1S/C9H12Br4GeSe/c10-7-6-15-9(13,8(11)12)14(7)4-2-1-3-5-14/h6,8H,1-5H2. The predicted octanol–water partition coefficient (Wildman–Crippen LogP) is 4.86. The third kappa shape index (κ3) is 2.30. The first-order valence-corrected chi connectivity index (χ1v) is 15.4. The zero-order valence-corrected chi connectivity index (χ0v) is 18.3. The van der Waals surface area contributed by atoms with Crippen LogP contribution in [0.5, 0.6) is 0 Å². The molecule has 1 saturated heterocycles. The molecular formula is C9H12Br4GeSe. The quantitative estimate of drug-likeness (QED) is 0.302. The molecule has 0 bridgehead atoms. The fraction of sp³-hybridized carbons (Fsp3) is 0.778. The van der Waals surface area contributed by atoms with Gasteiger partial charge in [0.05, 0.1) is 0 Å². The summed E-state index contributed by atoms with van der Waals surface area (Å²) < 4.78 is 2.45. The maximum atomic E-state index is 4.10. The predicted molar refractivity (Wildman–Crippen MR) is 85.3 cm³/mol. The Morgan fingerprint density at radius 3 is 2.40 bits per heavy atom. The number of alkyl halides is 3. The van der Waals surface area contributed by atoms with E-state index < -0.39 is 13.3 Å². The van der Waals surface area contributed by atoms with Crippen molar-refractivity contribution in [3.8, 4) is 0 Å². The Morgan fingerprint density at radius 1 is 1.27 bits per heavy atom. The van der Waals surface area contributed by atoms with Gasteiger partial charge in [0, 0.05) is 0 Å². The molecule has 2 heterocycles. The summed E-state index contributed by atoms with van der Waals surface area (Å²) >= 11 is 14.2. The van der Waals surface area contributed by atoms with Crippen molar-refractivity contribution in [2.75, 3.05) is 0 Å². The molecule has 1 atom stereocenters. The van der Waals surface area contributed by atoms with E-state index >= 15 is 0 Å². The van der Waals surface area contributed by atoms with Gasteiger partial charge < -0.3 is 0 Å². The molecule has 0 aliphatic carbocycles. The van der Waals surface area contributed by atoms with E-state index in [4.69, 9.17) is 0 Å². The van der Waals surface area contributed by atoms with E-state index in [0.29, 0.717) is 20.7 Å². The molecular weight excluding hydrogens is 579 g/mol. The Labute approximate surface area is 134 Å². The summed E-state index contributed by atoms with van der Waals surface area (Å²) in [6, 6.07) is 0. The molecule has 0 aromatic carbocycles. The Bertz CT molecular complexity index is 288. The van der Waals surface area contributed by atoms with E-state index in [1.807, 2.05) is 0 Å². The second-order valence-electron chi connectivity index (χ2n) is 4.17. The van der Waals surface area contributed by atoms with E-state index in [2.05, 4.69) is 68.7 Å². The van der Waals surface area contributed by atoms with E-state index in [-0.39, 0.29) is 0 Å². The van der Waals surface area contributed by atoms with E-state index in [9.17, 15) is 0 Å². The van der Waals surface area contributed by atoms with Crippen LogP contribution < -0.4 is 0 Å². The first-order valence-electron chi connectivity index (χ1n) is 5.04. The monoisotopic (exact) mass is 590 g/mol. The van der Waals surface area contributed by atoms with Gasteiger partial charge >= 0.3 is 136 Å². The van der Waals surface area contributed by atoms with Gasteiger partial charge in [-0.05, 0) is 0 Å². The van der Waals surface area contributed by atoms with Crippen LogP contribution in [-0.2, 0) is 0 Å². The van der Waals surface area contributed by atoms with Crippen LogP contribution in [0.2, 0.25) is 10.5 Å². The summed E-state index contributed by atoms with van der Waals surface area (Å²) in [5, 5.41) is 3.00. The minimum atomic E-state index is -1.89. The number of hydrogen-bond acceptors (Lipinski definition) is 0. The van der Waals surface area contributed by atoms with Crippen molar-refractivity contribution in [1.82, 2.24) is 0 Å². The molecule has 6 heteroatoms. The molecule has 0 radical (unpaired) electrons. The van der Waals surface area contributed by atoms with Crippen LogP contribution in [0.4, 0.5) is 0 Å². The van der Waals surface area contributed by atoms with Crippen molar-refractivity contribution in [1.29, 1.82) is 0 Å². The second-order valence-corrected chi connectivity index (χ2v) is 27.1. The third-order valence-electron chi connectivity index (χ3n) is 3.43. The molecule has 0 aromatic rings. The number of hydrogen-bond donors (Lipinski definition) is 0. The third-order valence-corrected chi connectivity index (χ3v) is 38.5. The van der Waals surface area contributed by atoms with Crippen molar-refractivity contribution in [2.45, 2.75) is 35.6 Å². The molecule has 86 valence electrons. The molecule has 2 aliphatic heterocycles.